The number of anilines is 1. The van der Waals surface area contributed by atoms with Gasteiger partial charge in [-0.1, -0.05) is 24.3 Å². The first-order valence-corrected chi connectivity index (χ1v) is 6.92. The lowest BCUT2D eigenvalue weighted by Gasteiger charge is -2.21. The summed E-state index contributed by atoms with van der Waals surface area (Å²) in [5.41, 5.74) is 2.78. The molecule has 0 saturated carbocycles. The van der Waals surface area contributed by atoms with Gasteiger partial charge in [0.1, 0.15) is 5.92 Å². The lowest BCUT2D eigenvalue weighted by Crippen LogP contribution is -2.39. The lowest BCUT2D eigenvalue weighted by molar-refractivity contribution is -0.145. The summed E-state index contributed by atoms with van der Waals surface area (Å²) in [4.78, 5) is 23.9. The zero-order valence-corrected chi connectivity index (χ0v) is 11.9. The second-order valence-electron chi connectivity index (χ2n) is 5.58. The number of carboxylic acids is 1. The fourth-order valence-corrected chi connectivity index (χ4v) is 3.02. The summed E-state index contributed by atoms with van der Waals surface area (Å²) in [6, 6.07) is 5.65. The minimum Gasteiger partial charge on any atom is -0.481 e. The molecule has 1 aromatic carbocycles. The van der Waals surface area contributed by atoms with E-state index in [2.05, 4.69) is 5.32 Å². The predicted molar refractivity (Wildman–Crippen MR) is 77.0 cm³/mol. The van der Waals surface area contributed by atoms with E-state index >= 15 is 0 Å². The SMILES string of the molecule is Cc1cccc(NC(=O)C2C3C=CC(O3)C2C(=O)O)c1C. The number of carbonyl (C=O) groups excluding carboxylic acids is 1. The van der Waals surface area contributed by atoms with Crippen LogP contribution in [0.25, 0.3) is 0 Å². The second kappa shape index (κ2) is 5.00. The van der Waals surface area contributed by atoms with Gasteiger partial charge < -0.3 is 15.2 Å². The van der Waals surface area contributed by atoms with Crippen molar-refractivity contribution in [3.63, 3.8) is 0 Å². The van der Waals surface area contributed by atoms with E-state index < -0.39 is 30.0 Å². The van der Waals surface area contributed by atoms with Gasteiger partial charge in [0.2, 0.25) is 5.91 Å². The van der Waals surface area contributed by atoms with E-state index in [1.54, 1.807) is 12.2 Å². The number of ether oxygens (including phenoxy) is 1. The van der Waals surface area contributed by atoms with Gasteiger partial charge in [0.25, 0.3) is 0 Å². The zero-order chi connectivity index (χ0) is 15.1. The highest BCUT2D eigenvalue weighted by Crippen LogP contribution is 2.40. The molecule has 0 aliphatic carbocycles. The quantitative estimate of drug-likeness (QED) is 0.833. The molecule has 5 nitrogen and oxygen atoms in total. The fourth-order valence-electron chi connectivity index (χ4n) is 3.02. The normalized spacial score (nSPS) is 29.6. The van der Waals surface area contributed by atoms with Crippen LogP contribution in [0.15, 0.2) is 30.4 Å². The molecule has 2 aliphatic rings. The maximum atomic E-state index is 12.5. The van der Waals surface area contributed by atoms with Gasteiger partial charge in [-0.15, -0.1) is 0 Å². The molecule has 5 heteroatoms. The van der Waals surface area contributed by atoms with Crippen LogP contribution in [0.5, 0.6) is 0 Å². The third-order valence-electron chi connectivity index (χ3n) is 4.35. The molecule has 1 fully saturated rings. The molecular formula is C16H17NO4. The van der Waals surface area contributed by atoms with Crippen LogP contribution in [0.3, 0.4) is 0 Å². The van der Waals surface area contributed by atoms with Gasteiger partial charge in [0, 0.05) is 5.69 Å². The number of nitrogens with one attached hydrogen (secondary N) is 1. The molecule has 1 aromatic rings. The minimum atomic E-state index is -0.993. The maximum absolute atomic E-state index is 12.5. The van der Waals surface area contributed by atoms with Gasteiger partial charge in [-0.2, -0.15) is 0 Å². The van der Waals surface area contributed by atoms with Crippen molar-refractivity contribution in [2.75, 3.05) is 5.32 Å². The second-order valence-corrected chi connectivity index (χ2v) is 5.58. The Morgan fingerprint density at radius 1 is 1.14 bits per heavy atom. The Balaban J connectivity index is 1.84. The van der Waals surface area contributed by atoms with Gasteiger partial charge in [0.05, 0.1) is 18.1 Å². The molecule has 1 amide bonds. The summed E-state index contributed by atoms with van der Waals surface area (Å²) < 4.78 is 5.52. The molecule has 2 bridgehead atoms. The molecule has 0 radical (unpaired) electrons. The van der Waals surface area contributed by atoms with Crippen molar-refractivity contribution in [3.05, 3.63) is 41.5 Å². The number of hydrogen-bond acceptors (Lipinski definition) is 3. The van der Waals surface area contributed by atoms with Crippen LogP contribution in [-0.2, 0) is 14.3 Å². The van der Waals surface area contributed by atoms with Crippen LogP contribution in [0.4, 0.5) is 5.69 Å². The van der Waals surface area contributed by atoms with Gasteiger partial charge in [-0.3, -0.25) is 9.59 Å². The average Bonchev–Trinajstić information content (AvgIpc) is 3.04. The summed E-state index contributed by atoms with van der Waals surface area (Å²) in [5, 5.41) is 12.2. The van der Waals surface area contributed by atoms with Crippen molar-refractivity contribution < 1.29 is 19.4 Å². The molecule has 110 valence electrons. The third kappa shape index (κ3) is 2.23. The Kier molecular flexibility index (Phi) is 3.29. The first-order chi connectivity index (χ1) is 9.99. The molecule has 2 N–H and O–H groups in total. The maximum Gasteiger partial charge on any atom is 0.310 e. The predicted octanol–water partition coefficient (Wildman–Crippen LogP) is 1.90. The number of aliphatic carboxylic acids is 1. The molecule has 0 aromatic heterocycles. The average molecular weight is 287 g/mol. The number of fused-ring (bicyclic) bond motifs is 2. The van der Waals surface area contributed by atoms with Crippen molar-refractivity contribution in [3.8, 4) is 0 Å². The lowest BCUT2D eigenvalue weighted by atomic mass is 9.82. The molecule has 2 heterocycles. The largest absolute Gasteiger partial charge is 0.481 e. The minimum absolute atomic E-state index is 0.298. The number of hydrogen-bond donors (Lipinski definition) is 2. The molecule has 2 aliphatic heterocycles. The first-order valence-electron chi connectivity index (χ1n) is 6.92. The summed E-state index contributed by atoms with van der Waals surface area (Å²) in [7, 11) is 0. The highest BCUT2D eigenvalue weighted by Gasteiger charge is 2.53. The topological polar surface area (TPSA) is 75.6 Å². The molecule has 1 saturated heterocycles. The van der Waals surface area contributed by atoms with Gasteiger partial charge in [-0.05, 0) is 31.0 Å². The smallest absolute Gasteiger partial charge is 0.310 e. The van der Waals surface area contributed by atoms with Gasteiger partial charge >= 0.3 is 5.97 Å². The molecule has 0 spiro atoms. The summed E-state index contributed by atoms with van der Waals surface area (Å²) in [6.45, 7) is 3.89. The van der Waals surface area contributed by atoms with Crippen molar-refractivity contribution in [1.29, 1.82) is 0 Å². The van der Waals surface area contributed by atoms with Gasteiger partial charge in [-0.25, -0.2) is 0 Å². The monoisotopic (exact) mass is 287 g/mol. The van der Waals surface area contributed by atoms with E-state index in [-0.39, 0.29) is 5.91 Å². The van der Waals surface area contributed by atoms with E-state index in [1.165, 1.54) is 0 Å². The van der Waals surface area contributed by atoms with E-state index in [0.29, 0.717) is 0 Å². The van der Waals surface area contributed by atoms with Gasteiger partial charge in [0.15, 0.2) is 0 Å². The van der Waals surface area contributed by atoms with E-state index in [0.717, 1.165) is 16.8 Å². The zero-order valence-electron chi connectivity index (χ0n) is 11.9. The van der Waals surface area contributed by atoms with Crippen LogP contribution in [0.2, 0.25) is 0 Å². The fraction of sp³-hybridized carbons (Fsp3) is 0.375. The number of rotatable bonds is 3. The molecule has 3 rings (SSSR count). The highest BCUT2D eigenvalue weighted by atomic mass is 16.5. The first kappa shape index (κ1) is 13.8. The van der Waals surface area contributed by atoms with E-state index in [1.807, 2.05) is 32.0 Å². The van der Waals surface area contributed by atoms with Crippen molar-refractivity contribution in [2.24, 2.45) is 11.8 Å². The van der Waals surface area contributed by atoms with E-state index in [4.69, 9.17) is 4.74 Å². The molecular weight excluding hydrogens is 270 g/mol. The van der Waals surface area contributed by atoms with Crippen LogP contribution in [0, 0.1) is 25.7 Å². The third-order valence-corrected chi connectivity index (χ3v) is 4.35. The van der Waals surface area contributed by atoms with Crippen LogP contribution in [-0.4, -0.2) is 29.2 Å². The Labute approximate surface area is 122 Å². The Morgan fingerprint density at radius 2 is 1.81 bits per heavy atom. The Bertz CT molecular complexity index is 637. The van der Waals surface area contributed by atoms with Crippen LogP contribution < -0.4 is 5.32 Å². The number of amides is 1. The molecule has 4 atom stereocenters. The summed E-state index contributed by atoms with van der Waals surface area (Å²) in [5.74, 6) is -2.79. The standard InChI is InChI=1S/C16H17NO4/c1-8-4-3-5-10(9(8)2)17-15(18)13-11-6-7-12(21-11)14(13)16(19)20/h3-7,11-14H,1-2H3,(H,17,18)(H,19,20). The van der Waals surface area contributed by atoms with Crippen molar-refractivity contribution >= 4 is 17.6 Å². The number of benzene rings is 1. The summed E-state index contributed by atoms with van der Waals surface area (Å²) >= 11 is 0. The van der Waals surface area contributed by atoms with Crippen LogP contribution >= 0.6 is 0 Å². The van der Waals surface area contributed by atoms with E-state index in [9.17, 15) is 14.7 Å². The van der Waals surface area contributed by atoms with Crippen LogP contribution in [0.1, 0.15) is 11.1 Å². The summed E-state index contributed by atoms with van der Waals surface area (Å²) in [6.07, 6.45) is 2.56. The number of aryl methyl sites for hydroxylation is 1. The number of carboxylic acid groups (broad SMARTS) is 1. The molecule has 4 unspecified atom stereocenters. The van der Waals surface area contributed by atoms with Crippen molar-refractivity contribution in [1.82, 2.24) is 0 Å². The highest BCUT2D eigenvalue weighted by molar-refractivity contribution is 5.97. The number of carbonyl (C=O) groups is 2. The van der Waals surface area contributed by atoms with Crippen molar-refractivity contribution in [2.45, 2.75) is 26.1 Å². The molecule has 21 heavy (non-hydrogen) atoms. The Morgan fingerprint density at radius 3 is 2.48 bits per heavy atom. The Hall–Kier alpha value is -2.14.